The average molecular weight is 210 g/mol. The van der Waals surface area contributed by atoms with Crippen molar-refractivity contribution >= 4 is 5.78 Å². The summed E-state index contributed by atoms with van der Waals surface area (Å²) in [5, 5.41) is 9.73. The lowest BCUT2D eigenvalue weighted by Gasteiger charge is -2.29. The van der Waals surface area contributed by atoms with Crippen LogP contribution in [0.5, 0.6) is 0 Å². The van der Waals surface area contributed by atoms with Crippen LogP contribution in [0.25, 0.3) is 0 Å². The number of carbonyl (C=O) groups excluding carboxylic acids is 1. The van der Waals surface area contributed by atoms with Crippen molar-refractivity contribution in [2.75, 3.05) is 0 Å². The van der Waals surface area contributed by atoms with Crippen LogP contribution in [-0.4, -0.2) is 23.1 Å². The number of allylic oxidation sites excluding steroid dienone is 2. The maximum absolute atomic E-state index is 11.2. The average Bonchev–Trinajstić information content (AvgIpc) is 2.22. The summed E-state index contributed by atoms with van der Waals surface area (Å²) in [6.07, 6.45) is 7.46. The minimum absolute atomic E-state index is 0.0871. The highest BCUT2D eigenvalue weighted by Gasteiger charge is 2.26. The summed E-state index contributed by atoms with van der Waals surface area (Å²) in [6.45, 7) is 0. The first kappa shape index (κ1) is 10.7. The fourth-order valence-electron chi connectivity index (χ4n) is 2.26. The number of hydrogen-bond donors (Lipinski definition) is 1. The molecule has 1 fully saturated rings. The first-order valence-corrected chi connectivity index (χ1v) is 5.84. The SMILES string of the molecule is O=C1C=C(O[C@@H]2CCCCC2O)CCC1. The van der Waals surface area contributed by atoms with Crippen LogP contribution in [0, 0.1) is 0 Å². The lowest BCUT2D eigenvalue weighted by molar-refractivity contribution is -0.115. The molecule has 0 aliphatic heterocycles. The van der Waals surface area contributed by atoms with Crippen LogP contribution >= 0.6 is 0 Å². The summed E-state index contributed by atoms with van der Waals surface area (Å²) >= 11 is 0. The van der Waals surface area contributed by atoms with Gasteiger partial charge in [-0.2, -0.15) is 0 Å². The maximum Gasteiger partial charge on any atom is 0.159 e. The van der Waals surface area contributed by atoms with E-state index in [1.807, 2.05) is 0 Å². The van der Waals surface area contributed by atoms with Crippen LogP contribution in [0.15, 0.2) is 11.8 Å². The fourth-order valence-corrected chi connectivity index (χ4v) is 2.26. The minimum atomic E-state index is -0.350. The Morgan fingerprint density at radius 2 is 2.00 bits per heavy atom. The number of rotatable bonds is 2. The van der Waals surface area contributed by atoms with Crippen molar-refractivity contribution in [1.82, 2.24) is 0 Å². The molecule has 0 amide bonds. The van der Waals surface area contributed by atoms with Gasteiger partial charge in [-0.1, -0.05) is 6.42 Å². The Labute approximate surface area is 90.1 Å². The molecule has 2 atom stereocenters. The quantitative estimate of drug-likeness (QED) is 0.757. The highest BCUT2D eigenvalue weighted by atomic mass is 16.5. The van der Waals surface area contributed by atoms with Crippen LogP contribution < -0.4 is 0 Å². The second-order valence-electron chi connectivity index (χ2n) is 4.44. The van der Waals surface area contributed by atoms with Crippen molar-refractivity contribution < 1.29 is 14.6 Å². The maximum atomic E-state index is 11.2. The summed E-state index contributed by atoms with van der Waals surface area (Å²) in [7, 11) is 0. The van der Waals surface area contributed by atoms with Crippen molar-refractivity contribution in [2.45, 2.75) is 57.2 Å². The van der Waals surface area contributed by atoms with E-state index in [1.165, 1.54) is 0 Å². The second kappa shape index (κ2) is 4.79. The summed E-state index contributed by atoms with van der Waals surface area (Å²) in [5.74, 6) is 0.929. The number of ketones is 1. The Morgan fingerprint density at radius 1 is 1.20 bits per heavy atom. The standard InChI is InChI=1S/C12H18O3/c13-9-4-3-5-10(8-9)15-12-7-2-1-6-11(12)14/h8,11-12,14H,1-7H2/t11?,12-/m1/s1. The van der Waals surface area contributed by atoms with E-state index in [9.17, 15) is 9.90 Å². The lowest BCUT2D eigenvalue weighted by atomic mass is 9.94. The molecule has 0 bridgehead atoms. The molecule has 0 heterocycles. The van der Waals surface area contributed by atoms with Gasteiger partial charge in [-0.15, -0.1) is 0 Å². The highest BCUT2D eigenvalue weighted by molar-refractivity contribution is 5.90. The molecule has 1 unspecified atom stereocenters. The summed E-state index contributed by atoms with van der Waals surface area (Å²) in [5.41, 5.74) is 0. The van der Waals surface area contributed by atoms with Crippen molar-refractivity contribution in [1.29, 1.82) is 0 Å². The summed E-state index contributed by atoms with van der Waals surface area (Å²) in [4.78, 5) is 11.2. The molecule has 0 aromatic heterocycles. The van der Waals surface area contributed by atoms with Crippen molar-refractivity contribution in [2.24, 2.45) is 0 Å². The molecular weight excluding hydrogens is 192 g/mol. The molecule has 15 heavy (non-hydrogen) atoms. The Kier molecular flexibility index (Phi) is 3.41. The van der Waals surface area contributed by atoms with Crippen LogP contribution in [0.3, 0.4) is 0 Å². The van der Waals surface area contributed by atoms with Gasteiger partial charge in [-0.25, -0.2) is 0 Å². The topological polar surface area (TPSA) is 46.5 Å². The second-order valence-corrected chi connectivity index (χ2v) is 4.44. The Bertz CT molecular complexity index is 270. The van der Waals surface area contributed by atoms with E-state index in [0.29, 0.717) is 6.42 Å². The van der Waals surface area contributed by atoms with Crippen LogP contribution in [0.4, 0.5) is 0 Å². The van der Waals surface area contributed by atoms with E-state index in [4.69, 9.17) is 4.74 Å². The molecular formula is C12H18O3. The molecule has 0 radical (unpaired) electrons. The monoisotopic (exact) mass is 210 g/mol. The van der Waals surface area contributed by atoms with Crippen LogP contribution in [0.1, 0.15) is 44.9 Å². The predicted octanol–water partition coefficient (Wildman–Crippen LogP) is 1.94. The van der Waals surface area contributed by atoms with Gasteiger partial charge in [0, 0.05) is 18.9 Å². The minimum Gasteiger partial charge on any atom is -0.492 e. The zero-order valence-corrected chi connectivity index (χ0v) is 8.95. The normalized spacial score (nSPS) is 32.3. The van der Waals surface area contributed by atoms with E-state index in [2.05, 4.69) is 0 Å². The first-order chi connectivity index (χ1) is 7.25. The van der Waals surface area contributed by atoms with Crippen LogP contribution in [0.2, 0.25) is 0 Å². The van der Waals surface area contributed by atoms with Gasteiger partial charge in [0.25, 0.3) is 0 Å². The number of hydrogen-bond acceptors (Lipinski definition) is 3. The molecule has 0 aromatic carbocycles. The largest absolute Gasteiger partial charge is 0.492 e. The van der Waals surface area contributed by atoms with Gasteiger partial charge >= 0.3 is 0 Å². The van der Waals surface area contributed by atoms with Gasteiger partial charge in [-0.05, 0) is 25.7 Å². The zero-order valence-electron chi connectivity index (χ0n) is 8.95. The number of carbonyl (C=O) groups is 1. The van der Waals surface area contributed by atoms with Crippen molar-refractivity contribution in [3.8, 4) is 0 Å². The van der Waals surface area contributed by atoms with E-state index in [-0.39, 0.29) is 18.0 Å². The van der Waals surface area contributed by atoms with Crippen LogP contribution in [-0.2, 0) is 9.53 Å². The third kappa shape index (κ3) is 2.81. The smallest absolute Gasteiger partial charge is 0.159 e. The molecule has 1 N–H and O–H groups in total. The molecule has 2 aliphatic rings. The molecule has 1 saturated carbocycles. The van der Waals surface area contributed by atoms with Gasteiger partial charge in [0.1, 0.15) is 11.9 Å². The summed E-state index contributed by atoms with van der Waals surface area (Å²) < 4.78 is 5.71. The molecule has 0 spiro atoms. The van der Waals surface area contributed by atoms with Crippen molar-refractivity contribution in [3.05, 3.63) is 11.8 Å². The van der Waals surface area contributed by atoms with E-state index < -0.39 is 0 Å². The van der Waals surface area contributed by atoms with Crippen molar-refractivity contribution in [3.63, 3.8) is 0 Å². The Balaban J connectivity index is 1.92. The number of aliphatic hydroxyl groups excluding tert-OH is 1. The van der Waals surface area contributed by atoms with Gasteiger partial charge in [0.2, 0.25) is 0 Å². The van der Waals surface area contributed by atoms with E-state index in [0.717, 1.165) is 44.3 Å². The van der Waals surface area contributed by atoms with Gasteiger partial charge in [0.05, 0.1) is 6.10 Å². The first-order valence-electron chi connectivity index (χ1n) is 5.84. The fraction of sp³-hybridized carbons (Fsp3) is 0.750. The molecule has 0 saturated heterocycles. The van der Waals surface area contributed by atoms with Gasteiger partial charge in [0.15, 0.2) is 5.78 Å². The molecule has 2 rings (SSSR count). The Hall–Kier alpha value is -0.830. The third-order valence-corrected chi connectivity index (χ3v) is 3.14. The molecule has 3 heteroatoms. The van der Waals surface area contributed by atoms with E-state index >= 15 is 0 Å². The number of ether oxygens (including phenoxy) is 1. The Morgan fingerprint density at radius 3 is 2.73 bits per heavy atom. The highest BCUT2D eigenvalue weighted by Crippen LogP contribution is 2.26. The zero-order chi connectivity index (χ0) is 10.7. The number of aliphatic hydroxyl groups is 1. The molecule has 3 nitrogen and oxygen atoms in total. The van der Waals surface area contributed by atoms with Gasteiger partial charge in [-0.3, -0.25) is 4.79 Å². The molecule has 0 aromatic rings. The molecule has 84 valence electrons. The lowest BCUT2D eigenvalue weighted by Crippen LogP contribution is -2.32. The predicted molar refractivity (Wildman–Crippen MR) is 56.3 cm³/mol. The van der Waals surface area contributed by atoms with Gasteiger partial charge < -0.3 is 9.84 Å². The van der Waals surface area contributed by atoms with E-state index in [1.54, 1.807) is 6.08 Å². The third-order valence-electron chi connectivity index (χ3n) is 3.14. The molecule has 2 aliphatic carbocycles. The summed E-state index contributed by atoms with van der Waals surface area (Å²) in [6, 6.07) is 0.